The topological polar surface area (TPSA) is 47.6 Å². The molecule has 0 aliphatic heterocycles. The number of hydrogen-bond acceptors (Lipinski definition) is 2. The third kappa shape index (κ3) is 89.8. The van der Waals surface area contributed by atoms with E-state index in [1.54, 1.807) is 12.1 Å². The van der Waals surface area contributed by atoms with Gasteiger partial charge in [-0.1, -0.05) is 24.3 Å². The van der Waals surface area contributed by atoms with Gasteiger partial charge in [0.1, 0.15) is 0 Å². The van der Waals surface area contributed by atoms with Crippen LogP contribution in [0.1, 0.15) is 39.5 Å². The van der Waals surface area contributed by atoms with Crippen molar-refractivity contribution in [3.8, 4) is 12.1 Å². The number of hydrogen-bond donors (Lipinski definition) is 0. The largest absolute Gasteiger partial charge is 0.673 e. The molecule has 0 saturated heterocycles. The van der Waals surface area contributed by atoms with E-state index in [-0.39, 0.29) is 20.1 Å². The first-order valence-corrected chi connectivity index (χ1v) is 5.62. The number of nitrogens with zero attached hydrogens (tertiary/aromatic N) is 2. The van der Waals surface area contributed by atoms with Crippen LogP contribution in [0.15, 0.2) is 24.3 Å². The maximum atomic E-state index is 9.75. The Morgan fingerprint density at radius 3 is 0.950 bits per heavy atom. The average molecular weight is 469 g/mol. The van der Waals surface area contributed by atoms with Gasteiger partial charge >= 0.3 is 7.25 Å². The van der Waals surface area contributed by atoms with Crippen molar-refractivity contribution in [1.29, 1.82) is 10.5 Å². The molecule has 8 heteroatoms. The molecule has 0 bridgehead atoms. The minimum Gasteiger partial charge on any atom is -0.418 e. The van der Waals surface area contributed by atoms with E-state index in [0.29, 0.717) is 0 Å². The Morgan fingerprint density at radius 2 is 0.850 bits per heavy atom. The molecule has 0 amide bonds. The molecule has 20 heavy (non-hydrogen) atoms. The quantitative estimate of drug-likeness (QED) is 0.284. The van der Waals surface area contributed by atoms with Crippen LogP contribution in [0.4, 0.5) is 17.3 Å². The standard InChI is InChI=1S/C8H12.2C2H3N.BF4.Ir/c1-2-4-6-8-7-5-3-1;2*1-2-3;2-1(3,4)5;/h1-2,7-8H,3-6H2;2*1H3;;/q;;;-1;/b2-1-,8-7-;;;;. The van der Waals surface area contributed by atoms with E-state index in [4.69, 9.17) is 10.5 Å². The van der Waals surface area contributed by atoms with Crippen molar-refractivity contribution < 1.29 is 37.4 Å². The molecule has 0 heterocycles. The molecule has 117 valence electrons. The smallest absolute Gasteiger partial charge is 0.418 e. The molecule has 0 aromatic rings. The summed E-state index contributed by atoms with van der Waals surface area (Å²) in [6.07, 6.45) is 14.0. The number of halogens is 4. The third-order valence-corrected chi connectivity index (χ3v) is 1.33. The van der Waals surface area contributed by atoms with Gasteiger partial charge < -0.3 is 17.3 Å². The van der Waals surface area contributed by atoms with Gasteiger partial charge in [-0.15, -0.1) is 0 Å². The van der Waals surface area contributed by atoms with Crippen molar-refractivity contribution in [3.05, 3.63) is 24.3 Å². The molecule has 1 aliphatic rings. The summed E-state index contributed by atoms with van der Waals surface area (Å²) < 4.78 is 39.0. The van der Waals surface area contributed by atoms with Crippen molar-refractivity contribution in [1.82, 2.24) is 0 Å². The van der Waals surface area contributed by atoms with Crippen LogP contribution in [0.25, 0.3) is 0 Å². The summed E-state index contributed by atoms with van der Waals surface area (Å²) in [6.45, 7) is 2.86. The van der Waals surface area contributed by atoms with Crippen molar-refractivity contribution >= 4 is 7.25 Å². The molecule has 0 atom stereocenters. The first kappa shape index (κ1) is 27.3. The third-order valence-electron chi connectivity index (χ3n) is 1.33. The summed E-state index contributed by atoms with van der Waals surface area (Å²) >= 11 is 0. The fourth-order valence-corrected chi connectivity index (χ4v) is 0.856. The molecule has 1 aliphatic carbocycles. The second-order valence-corrected chi connectivity index (χ2v) is 3.04. The van der Waals surface area contributed by atoms with Crippen LogP contribution in [-0.2, 0) is 20.1 Å². The fraction of sp³-hybridized carbons (Fsp3) is 0.500. The Hall–Kier alpha value is -1.11. The first-order chi connectivity index (χ1) is 8.83. The Bertz CT molecular complexity index is 273. The normalized spacial score (nSPS) is 15.0. The fourth-order valence-electron chi connectivity index (χ4n) is 0.856. The summed E-state index contributed by atoms with van der Waals surface area (Å²) in [6, 6.07) is 3.50. The van der Waals surface area contributed by atoms with E-state index in [1.807, 2.05) is 0 Å². The first-order valence-electron chi connectivity index (χ1n) is 5.62. The predicted molar refractivity (Wildman–Crippen MR) is 69.5 cm³/mol. The van der Waals surface area contributed by atoms with Crippen molar-refractivity contribution in [2.45, 2.75) is 39.5 Å². The van der Waals surface area contributed by atoms with E-state index >= 15 is 0 Å². The molecule has 0 saturated carbocycles. The molecule has 0 unspecified atom stereocenters. The SMILES string of the molecule is C1=C\CC/C=C\CC/1.CC#N.CC#N.F[B-](F)(F)F.[Ir]. The Kier molecular flexibility index (Phi) is 31.4. The van der Waals surface area contributed by atoms with Gasteiger partial charge in [0.2, 0.25) is 0 Å². The molecular formula is C12H18BF4IrN2-. The summed E-state index contributed by atoms with van der Waals surface area (Å²) in [5.74, 6) is 0. The van der Waals surface area contributed by atoms with Crippen molar-refractivity contribution in [2.75, 3.05) is 0 Å². The number of allylic oxidation sites excluding steroid dienone is 4. The van der Waals surface area contributed by atoms with Crippen molar-refractivity contribution in [2.24, 2.45) is 0 Å². The van der Waals surface area contributed by atoms with Crippen LogP contribution < -0.4 is 0 Å². The van der Waals surface area contributed by atoms with Crippen LogP contribution in [0, 0.1) is 22.7 Å². The van der Waals surface area contributed by atoms with E-state index < -0.39 is 7.25 Å². The number of rotatable bonds is 0. The van der Waals surface area contributed by atoms with E-state index in [1.165, 1.54) is 39.5 Å². The van der Waals surface area contributed by atoms with Crippen LogP contribution >= 0.6 is 0 Å². The van der Waals surface area contributed by atoms with Crippen molar-refractivity contribution in [3.63, 3.8) is 0 Å². The van der Waals surface area contributed by atoms with Gasteiger partial charge in [-0.25, -0.2) is 0 Å². The van der Waals surface area contributed by atoms with Gasteiger partial charge in [-0.2, -0.15) is 10.5 Å². The molecule has 1 rings (SSSR count). The zero-order valence-corrected chi connectivity index (χ0v) is 13.8. The van der Waals surface area contributed by atoms with E-state index in [9.17, 15) is 17.3 Å². The maximum absolute atomic E-state index is 9.75. The van der Waals surface area contributed by atoms with Gasteiger partial charge in [-0.05, 0) is 25.7 Å². The molecule has 0 aromatic heterocycles. The number of nitriles is 2. The molecule has 1 radical (unpaired) electrons. The summed E-state index contributed by atoms with van der Waals surface area (Å²) in [5.41, 5.74) is 0. The minimum atomic E-state index is -6.00. The van der Waals surface area contributed by atoms with Crippen LogP contribution in [0.2, 0.25) is 0 Å². The molecule has 0 fully saturated rings. The minimum absolute atomic E-state index is 0. The molecule has 2 nitrogen and oxygen atoms in total. The summed E-state index contributed by atoms with van der Waals surface area (Å²) in [4.78, 5) is 0. The van der Waals surface area contributed by atoms with Gasteiger partial charge in [0.05, 0.1) is 12.1 Å². The van der Waals surface area contributed by atoms with Gasteiger partial charge in [0, 0.05) is 34.0 Å². The zero-order valence-electron chi connectivity index (χ0n) is 11.5. The average Bonchev–Trinajstić information content (AvgIpc) is 2.15. The second-order valence-electron chi connectivity index (χ2n) is 3.04. The van der Waals surface area contributed by atoms with Crippen LogP contribution in [-0.4, -0.2) is 7.25 Å². The maximum Gasteiger partial charge on any atom is 0.673 e. The van der Waals surface area contributed by atoms with Crippen LogP contribution in [0.5, 0.6) is 0 Å². The zero-order chi connectivity index (χ0) is 15.6. The Labute approximate surface area is 131 Å². The second kappa shape index (κ2) is 23.0. The Morgan fingerprint density at radius 1 is 0.750 bits per heavy atom. The Balaban J connectivity index is -0.0000000935. The van der Waals surface area contributed by atoms with Gasteiger partial charge in [-0.3, -0.25) is 0 Å². The molecule has 0 aromatic carbocycles. The molecule has 0 N–H and O–H groups in total. The molecular weight excluding hydrogens is 451 g/mol. The van der Waals surface area contributed by atoms with Gasteiger partial charge in [0.15, 0.2) is 0 Å². The monoisotopic (exact) mass is 470 g/mol. The molecule has 0 spiro atoms. The van der Waals surface area contributed by atoms with E-state index in [2.05, 4.69) is 24.3 Å². The van der Waals surface area contributed by atoms with Crippen LogP contribution in [0.3, 0.4) is 0 Å². The summed E-state index contributed by atoms with van der Waals surface area (Å²) in [5, 5.41) is 14.6. The predicted octanol–water partition coefficient (Wildman–Crippen LogP) is 5.03. The van der Waals surface area contributed by atoms with E-state index in [0.717, 1.165) is 0 Å². The summed E-state index contributed by atoms with van der Waals surface area (Å²) in [7, 11) is -6.00. The van der Waals surface area contributed by atoms with Gasteiger partial charge in [0.25, 0.3) is 0 Å².